The van der Waals surface area contributed by atoms with Crippen LogP contribution in [0.2, 0.25) is 5.02 Å². The molecule has 2 fully saturated rings. The third-order valence-corrected chi connectivity index (χ3v) is 13.8. The lowest BCUT2D eigenvalue weighted by Gasteiger charge is -2.35. The number of hydrogen-bond acceptors (Lipinski definition) is 8. The number of aliphatic carboxylic acids is 1. The smallest absolute Gasteiger partial charge is 0.307 e. The zero-order valence-electron chi connectivity index (χ0n) is 29.9. The van der Waals surface area contributed by atoms with E-state index in [1.54, 1.807) is 60.7 Å². The van der Waals surface area contributed by atoms with Crippen molar-refractivity contribution in [1.82, 2.24) is 18.4 Å². The van der Waals surface area contributed by atoms with E-state index in [9.17, 15) is 26.7 Å². The maximum atomic E-state index is 13.4. The summed E-state index contributed by atoms with van der Waals surface area (Å²) in [5.41, 5.74) is 5.13. The summed E-state index contributed by atoms with van der Waals surface area (Å²) in [6.45, 7) is 8.13. The van der Waals surface area contributed by atoms with Crippen LogP contribution in [0.1, 0.15) is 33.4 Å². The van der Waals surface area contributed by atoms with E-state index in [1.807, 2.05) is 38.1 Å². The summed E-state index contributed by atoms with van der Waals surface area (Å²) in [5, 5.41) is 10.4. The number of ether oxygens (including phenoxy) is 1. The Balaban J connectivity index is 1.22. The molecule has 53 heavy (non-hydrogen) atoms. The zero-order chi connectivity index (χ0) is 37.8. The minimum Gasteiger partial charge on any atom is -0.488 e. The molecular weight excluding hydrogens is 736 g/mol. The quantitative estimate of drug-likeness (QED) is 0.196. The first-order chi connectivity index (χ1) is 25.3. The highest BCUT2D eigenvalue weighted by molar-refractivity contribution is 7.89. The molecule has 14 heteroatoms. The summed E-state index contributed by atoms with van der Waals surface area (Å²) in [7, 11) is -7.28. The highest BCUT2D eigenvalue weighted by atomic mass is 35.5. The van der Waals surface area contributed by atoms with Crippen LogP contribution in [0, 0.1) is 13.8 Å². The van der Waals surface area contributed by atoms with Gasteiger partial charge in [0.15, 0.2) is 0 Å². The Morgan fingerprint density at radius 2 is 1.06 bits per heavy atom. The van der Waals surface area contributed by atoms with Gasteiger partial charge < -0.3 is 9.84 Å². The molecule has 11 nitrogen and oxygen atoms in total. The summed E-state index contributed by atoms with van der Waals surface area (Å²) in [6, 6.07) is 24.9. The molecule has 0 bridgehead atoms. The van der Waals surface area contributed by atoms with E-state index in [1.165, 1.54) is 8.61 Å². The summed E-state index contributed by atoms with van der Waals surface area (Å²) in [6.07, 6.45) is -0.178. The van der Waals surface area contributed by atoms with Crippen LogP contribution in [0.4, 0.5) is 0 Å². The average molecular weight is 781 g/mol. The van der Waals surface area contributed by atoms with Crippen molar-refractivity contribution in [2.24, 2.45) is 0 Å². The molecular formula is C39H45ClN4O7S2. The SMILES string of the molecule is Cc1ccc(S(=O)(=O)N2CCN(Cc3cc(CC(=O)O)cc(CN4CCN(S(=O)(=O)c5ccc(C)cc5)CC4)c3OCc3ccc(Cl)cc3)CC2)cc1. The van der Waals surface area contributed by atoms with Gasteiger partial charge in [-0.2, -0.15) is 8.61 Å². The number of hydrogen-bond donors (Lipinski definition) is 1. The van der Waals surface area contributed by atoms with Crippen molar-refractivity contribution in [3.63, 3.8) is 0 Å². The van der Waals surface area contributed by atoms with Crippen molar-refractivity contribution in [1.29, 1.82) is 0 Å². The lowest BCUT2D eigenvalue weighted by atomic mass is 10.00. The van der Waals surface area contributed by atoms with Crippen molar-refractivity contribution in [2.75, 3.05) is 52.4 Å². The van der Waals surface area contributed by atoms with Gasteiger partial charge in [0.05, 0.1) is 16.2 Å². The van der Waals surface area contributed by atoms with E-state index in [4.69, 9.17) is 16.3 Å². The van der Waals surface area contributed by atoms with Crippen LogP contribution in [-0.2, 0) is 51.0 Å². The molecule has 0 unspecified atom stereocenters. The van der Waals surface area contributed by atoms with Crippen LogP contribution in [0.3, 0.4) is 0 Å². The van der Waals surface area contributed by atoms with Gasteiger partial charge in [0, 0.05) is 81.6 Å². The number of carboxylic acids is 1. The van der Waals surface area contributed by atoms with Crippen LogP contribution in [0.25, 0.3) is 0 Å². The van der Waals surface area contributed by atoms with Gasteiger partial charge in [-0.3, -0.25) is 14.6 Å². The van der Waals surface area contributed by atoms with Gasteiger partial charge in [0.25, 0.3) is 0 Å². The monoisotopic (exact) mass is 780 g/mol. The first kappa shape index (κ1) is 38.9. The summed E-state index contributed by atoms with van der Waals surface area (Å²) in [4.78, 5) is 16.8. The van der Waals surface area contributed by atoms with Gasteiger partial charge in [0.2, 0.25) is 20.0 Å². The van der Waals surface area contributed by atoms with Crippen LogP contribution in [0.5, 0.6) is 5.75 Å². The van der Waals surface area contributed by atoms with Gasteiger partial charge >= 0.3 is 5.97 Å². The Kier molecular flexibility index (Phi) is 12.2. The van der Waals surface area contributed by atoms with Crippen LogP contribution >= 0.6 is 11.6 Å². The minimum atomic E-state index is -3.64. The molecule has 2 aliphatic heterocycles. The fourth-order valence-electron chi connectivity index (χ4n) is 6.72. The predicted octanol–water partition coefficient (Wildman–Crippen LogP) is 5.18. The molecule has 4 aromatic carbocycles. The van der Waals surface area contributed by atoms with Crippen LogP contribution < -0.4 is 4.74 Å². The molecule has 2 saturated heterocycles. The highest BCUT2D eigenvalue weighted by Gasteiger charge is 2.31. The highest BCUT2D eigenvalue weighted by Crippen LogP contribution is 2.32. The van der Waals surface area contributed by atoms with Gasteiger partial charge in [-0.25, -0.2) is 16.8 Å². The Morgan fingerprint density at radius 1 is 0.642 bits per heavy atom. The van der Waals surface area contributed by atoms with Crippen LogP contribution in [0.15, 0.2) is 94.7 Å². The Labute approximate surface area is 317 Å². The molecule has 0 atom stereocenters. The number of benzene rings is 4. The van der Waals surface area contributed by atoms with E-state index >= 15 is 0 Å². The average Bonchev–Trinajstić information content (AvgIpc) is 3.12. The first-order valence-electron chi connectivity index (χ1n) is 17.6. The zero-order valence-corrected chi connectivity index (χ0v) is 32.3. The van der Waals surface area contributed by atoms with Gasteiger partial charge in [-0.05, 0) is 61.4 Å². The lowest BCUT2D eigenvalue weighted by Crippen LogP contribution is -2.48. The molecule has 282 valence electrons. The summed E-state index contributed by atoms with van der Waals surface area (Å²) >= 11 is 6.13. The van der Waals surface area contributed by atoms with Crippen molar-refractivity contribution in [3.05, 3.63) is 123 Å². The van der Waals surface area contributed by atoms with Crippen molar-refractivity contribution in [3.8, 4) is 5.75 Å². The molecule has 2 heterocycles. The number of carbonyl (C=O) groups is 1. The van der Waals surface area contributed by atoms with E-state index in [0.717, 1.165) is 27.8 Å². The molecule has 0 spiro atoms. The molecule has 0 amide bonds. The second-order valence-corrected chi connectivity index (χ2v) is 18.0. The number of carboxylic acid groups (broad SMARTS) is 1. The maximum absolute atomic E-state index is 13.4. The third kappa shape index (κ3) is 9.65. The Hall–Kier alpha value is -3.82. The molecule has 4 aromatic rings. The van der Waals surface area contributed by atoms with E-state index in [2.05, 4.69) is 9.80 Å². The van der Waals surface area contributed by atoms with Crippen molar-refractivity contribution < 1.29 is 31.5 Å². The van der Waals surface area contributed by atoms with Crippen LogP contribution in [-0.4, -0.2) is 98.7 Å². The largest absolute Gasteiger partial charge is 0.488 e. The topological polar surface area (TPSA) is 128 Å². The number of rotatable bonds is 13. The summed E-state index contributed by atoms with van der Waals surface area (Å²) in [5.74, 6) is -0.319. The normalized spacial score (nSPS) is 16.8. The molecule has 1 N–H and O–H groups in total. The molecule has 0 aromatic heterocycles. The van der Waals surface area contributed by atoms with Gasteiger partial charge in [0.1, 0.15) is 12.4 Å². The Bertz CT molecular complexity index is 2000. The first-order valence-corrected chi connectivity index (χ1v) is 20.9. The van der Waals surface area contributed by atoms with Crippen molar-refractivity contribution >= 4 is 37.6 Å². The fourth-order valence-corrected chi connectivity index (χ4v) is 9.69. The van der Waals surface area contributed by atoms with Crippen molar-refractivity contribution in [2.45, 2.75) is 49.8 Å². The van der Waals surface area contributed by atoms with Gasteiger partial charge in [-0.1, -0.05) is 71.3 Å². The number of piperazine rings is 2. The van der Waals surface area contributed by atoms with E-state index < -0.39 is 26.0 Å². The standard InChI is InChI=1S/C39H45ClN4O7S2/c1-29-3-11-36(12-4-29)52(47,48)43-19-15-41(16-20-43)26-33-23-32(25-38(45)46)24-34(39(33)51-28-31-7-9-35(40)10-8-31)27-42-17-21-44(22-18-42)53(49,50)37-13-5-30(2)6-14-37/h3-14,23-24H,15-22,25-28H2,1-2H3,(H,45,46). The maximum Gasteiger partial charge on any atom is 0.307 e. The number of sulfonamides is 2. The van der Waals surface area contributed by atoms with E-state index in [-0.39, 0.29) is 22.8 Å². The number of aryl methyl sites for hydroxylation is 2. The Morgan fingerprint density at radius 3 is 1.45 bits per heavy atom. The summed E-state index contributed by atoms with van der Waals surface area (Å²) < 4.78 is 63.1. The molecule has 0 saturated carbocycles. The fraction of sp³-hybridized carbons (Fsp3) is 0.359. The van der Waals surface area contributed by atoms with Gasteiger partial charge in [-0.15, -0.1) is 0 Å². The third-order valence-electron chi connectivity index (χ3n) is 9.72. The van der Waals surface area contributed by atoms with E-state index in [0.29, 0.717) is 81.8 Å². The second-order valence-electron chi connectivity index (χ2n) is 13.7. The predicted molar refractivity (Wildman–Crippen MR) is 204 cm³/mol. The number of nitrogens with zero attached hydrogens (tertiary/aromatic N) is 4. The molecule has 0 aliphatic carbocycles. The minimum absolute atomic E-state index is 0.178. The lowest BCUT2D eigenvalue weighted by molar-refractivity contribution is -0.136. The molecule has 6 rings (SSSR count). The second kappa shape index (κ2) is 16.7. The molecule has 2 aliphatic rings. The number of halogens is 1. The molecule has 0 radical (unpaired) electrons.